The van der Waals surface area contributed by atoms with Crippen LogP contribution in [0.2, 0.25) is 5.15 Å². The van der Waals surface area contributed by atoms with Gasteiger partial charge in [0.25, 0.3) is 0 Å². The van der Waals surface area contributed by atoms with Crippen LogP contribution in [0.4, 0.5) is 0 Å². The first-order valence-electron chi connectivity index (χ1n) is 5.68. The predicted octanol–water partition coefficient (Wildman–Crippen LogP) is 2.82. The summed E-state index contributed by atoms with van der Waals surface area (Å²) in [5.41, 5.74) is 1.27. The van der Waals surface area contributed by atoms with E-state index in [1.807, 2.05) is 0 Å². The summed E-state index contributed by atoms with van der Waals surface area (Å²) in [5.74, 6) is -0.0884. The van der Waals surface area contributed by atoms with Crippen LogP contribution in [0, 0.1) is 12.8 Å². The standard InChI is InChI=1S/C12H14ClN3O2/c1-5(2)4-7-8-9(12(17)18)10(13)16-11(8)15-6(3)14-7/h5H,4H2,1-3H3,(H,17,18)(H,14,15,16). The summed E-state index contributed by atoms with van der Waals surface area (Å²) in [5, 5.41) is 9.84. The lowest BCUT2D eigenvalue weighted by Crippen LogP contribution is -2.04. The highest BCUT2D eigenvalue weighted by molar-refractivity contribution is 6.34. The topological polar surface area (TPSA) is 78.9 Å². The smallest absolute Gasteiger partial charge is 0.339 e. The van der Waals surface area contributed by atoms with E-state index in [1.54, 1.807) is 6.92 Å². The number of aryl methyl sites for hydroxylation is 1. The SMILES string of the molecule is Cc1nc(CC(C)C)c2c(C(=O)O)c(Cl)[nH]c2n1. The van der Waals surface area contributed by atoms with Crippen molar-refractivity contribution in [1.82, 2.24) is 15.0 Å². The number of rotatable bonds is 3. The Bertz CT molecular complexity index is 619. The maximum atomic E-state index is 11.3. The summed E-state index contributed by atoms with van der Waals surface area (Å²) in [6.45, 7) is 5.88. The van der Waals surface area contributed by atoms with E-state index in [2.05, 4.69) is 28.8 Å². The third kappa shape index (κ3) is 2.18. The Morgan fingerprint density at radius 1 is 1.44 bits per heavy atom. The van der Waals surface area contributed by atoms with Crippen LogP contribution in [-0.4, -0.2) is 26.0 Å². The van der Waals surface area contributed by atoms with Gasteiger partial charge in [0.15, 0.2) is 0 Å². The van der Waals surface area contributed by atoms with E-state index in [4.69, 9.17) is 11.6 Å². The molecule has 2 aromatic rings. The molecule has 0 fully saturated rings. The van der Waals surface area contributed by atoms with Gasteiger partial charge in [0.1, 0.15) is 22.2 Å². The zero-order valence-corrected chi connectivity index (χ0v) is 11.2. The second kappa shape index (κ2) is 4.57. The van der Waals surface area contributed by atoms with Crippen molar-refractivity contribution in [2.45, 2.75) is 27.2 Å². The summed E-state index contributed by atoms with van der Waals surface area (Å²) in [6, 6.07) is 0. The van der Waals surface area contributed by atoms with Crippen molar-refractivity contribution in [1.29, 1.82) is 0 Å². The molecule has 2 heterocycles. The molecule has 0 aliphatic heterocycles. The van der Waals surface area contributed by atoms with Gasteiger partial charge in [0.05, 0.1) is 11.1 Å². The molecule has 6 heteroatoms. The van der Waals surface area contributed by atoms with Crippen LogP contribution in [-0.2, 0) is 6.42 Å². The van der Waals surface area contributed by atoms with Gasteiger partial charge in [-0.05, 0) is 19.3 Å². The monoisotopic (exact) mass is 267 g/mol. The minimum absolute atomic E-state index is 0.0577. The Hall–Kier alpha value is -1.62. The number of fused-ring (bicyclic) bond motifs is 1. The molecule has 0 saturated heterocycles. The Balaban J connectivity index is 2.78. The van der Waals surface area contributed by atoms with E-state index in [0.717, 1.165) is 5.69 Å². The van der Waals surface area contributed by atoms with Gasteiger partial charge in [-0.2, -0.15) is 0 Å². The number of H-pyrrole nitrogens is 1. The Kier molecular flexibility index (Phi) is 3.26. The molecule has 5 nitrogen and oxygen atoms in total. The molecular weight excluding hydrogens is 254 g/mol. The molecule has 0 aliphatic carbocycles. The number of aromatic amines is 1. The van der Waals surface area contributed by atoms with E-state index >= 15 is 0 Å². The molecule has 18 heavy (non-hydrogen) atoms. The number of carboxylic acids is 1. The Morgan fingerprint density at radius 3 is 2.67 bits per heavy atom. The minimum Gasteiger partial charge on any atom is -0.478 e. The molecule has 0 aliphatic rings. The molecule has 2 aromatic heterocycles. The van der Waals surface area contributed by atoms with Crippen LogP contribution >= 0.6 is 11.6 Å². The number of nitrogens with one attached hydrogen (secondary N) is 1. The number of carboxylic acid groups (broad SMARTS) is 1. The Labute approximate surface area is 109 Å². The largest absolute Gasteiger partial charge is 0.478 e. The van der Waals surface area contributed by atoms with Crippen molar-refractivity contribution in [3.05, 3.63) is 22.2 Å². The number of hydrogen-bond acceptors (Lipinski definition) is 3. The van der Waals surface area contributed by atoms with Crippen molar-refractivity contribution >= 4 is 28.6 Å². The summed E-state index contributed by atoms with van der Waals surface area (Å²) in [7, 11) is 0. The molecular formula is C12H14ClN3O2. The number of carbonyl (C=O) groups is 1. The van der Waals surface area contributed by atoms with Gasteiger partial charge in [0, 0.05) is 0 Å². The third-order valence-electron chi connectivity index (χ3n) is 2.61. The Morgan fingerprint density at radius 2 is 2.11 bits per heavy atom. The van der Waals surface area contributed by atoms with Gasteiger partial charge in [0.2, 0.25) is 0 Å². The van der Waals surface area contributed by atoms with Crippen molar-refractivity contribution in [3.63, 3.8) is 0 Å². The number of hydrogen-bond donors (Lipinski definition) is 2. The quantitative estimate of drug-likeness (QED) is 0.896. The summed E-state index contributed by atoms with van der Waals surface area (Å²) < 4.78 is 0. The van der Waals surface area contributed by atoms with Crippen molar-refractivity contribution in [2.24, 2.45) is 5.92 Å². The molecule has 0 atom stereocenters. The first kappa shape index (κ1) is 12.8. The van der Waals surface area contributed by atoms with Crippen LogP contribution in [0.5, 0.6) is 0 Å². The number of aromatic carboxylic acids is 1. The maximum absolute atomic E-state index is 11.3. The molecule has 0 spiro atoms. The highest BCUT2D eigenvalue weighted by Crippen LogP contribution is 2.28. The fourth-order valence-electron chi connectivity index (χ4n) is 2.00. The van der Waals surface area contributed by atoms with Crippen LogP contribution < -0.4 is 0 Å². The molecule has 0 aromatic carbocycles. The van der Waals surface area contributed by atoms with Gasteiger partial charge in [-0.1, -0.05) is 25.4 Å². The molecule has 0 bridgehead atoms. The first-order valence-corrected chi connectivity index (χ1v) is 6.06. The van der Waals surface area contributed by atoms with E-state index < -0.39 is 5.97 Å². The second-order valence-electron chi connectivity index (χ2n) is 4.66. The lowest BCUT2D eigenvalue weighted by atomic mass is 10.0. The molecule has 96 valence electrons. The summed E-state index contributed by atoms with van der Waals surface area (Å²) >= 11 is 5.92. The predicted molar refractivity (Wildman–Crippen MR) is 69.1 cm³/mol. The maximum Gasteiger partial charge on any atom is 0.339 e. The highest BCUT2D eigenvalue weighted by atomic mass is 35.5. The van der Waals surface area contributed by atoms with Crippen molar-refractivity contribution < 1.29 is 9.90 Å². The minimum atomic E-state index is -1.07. The summed E-state index contributed by atoms with van der Waals surface area (Å²) in [4.78, 5) is 22.6. The van der Waals surface area contributed by atoms with E-state index in [-0.39, 0.29) is 10.7 Å². The normalized spacial score (nSPS) is 11.4. The van der Waals surface area contributed by atoms with Crippen LogP contribution in [0.25, 0.3) is 11.0 Å². The zero-order valence-electron chi connectivity index (χ0n) is 10.4. The van der Waals surface area contributed by atoms with Gasteiger partial charge in [-0.15, -0.1) is 0 Å². The molecule has 0 unspecified atom stereocenters. The average molecular weight is 268 g/mol. The van der Waals surface area contributed by atoms with Crippen LogP contribution in [0.15, 0.2) is 0 Å². The van der Waals surface area contributed by atoms with Crippen molar-refractivity contribution in [2.75, 3.05) is 0 Å². The molecule has 2 rings (SSSR count). The fraction of sp³-hybridized carbons (Fsp3) is 0.417. The first-order chi connectivity index (χ1) is 8.40. The highest BCUT2D eigenvalue weighted by Gasteiger charge is 2.21. The number of aromatic nitrogens is 3. The lowest BCUT2D eigenvalue weighted by Gasteiger charge is -2.07. The van der Waals surface area contributed by atoms with Gasteiger partial charge >= 0.3 is 5.97 Å². The molecule has 0 amide bonds. The number of halogens is 1. The van der Waals surface area contributed by atoms with E-state index in [9.17, 15) is 9.90 Å². The van der Waals surface area contributed by atoms with Crippen LogP contribution in [0.1, 0.15) is 35.7 Å². The van der Waals surface area contributed by atoms with Gasteiger partial charge in [-0.25, -0.2) is 14.8 Å². The fourth-order valence-corrected chi connectivity index (χ4v) is 2.26. The van der Waals surface area contributed by atoms with Gasteiger partial charge in [-0.3, -0.25) is 0 Å². The van der Waals surface area contributed by atoms with E-state index in [1.165, 1.54) is 0 Å². The molecule has 0 radical (unpaired) electrons. The number of nitrogens with zero attached hydrogens (tertiary/aromatic N) is 2. The van der Waals surface area contributed by atoms with Crippen LogP contribution in [0.3, 0.4) is 0 Å². The molecule has 0 saturated carbocycles. The second-order valence-corrected chi connectivity index (χ2v) is 5.04. The van der Waals surface area contributed by atoms with Gasteiger partial charge < -0.3 is 10.1 Å². The average Bonchev–Trinajstić information content (AvgIpc) is 2.52. The third-order valence-corrected chi connectivity index (χ3v) is 2.89. The summed E-state index contributed by atoms with van der Waals surface area (Å²) in [6.07, 6.45) is 0.689. The van der Waals surface area contributed by atoms with E-state index in [0.29, 0.717) is 29.2 Å². The van der Waals surface area contributed by atoms with Crippen molar-refractivity contribution in [3.8, 4) is 0 Å². The lowest BCUT2D eigenvalue weighted by molar-refractivity contribution is 0.0699. The molecule has 2 N–H and O–H groups in total. The zero-order chi connectivity index (χ0) is 13.4.